The lowest BCUT2D eigenvalue weighted by molar-refractivity contribution is -0.192. The van der Waals surface area contributed by atoms with Crippen molar-refractivity contribution in [3.05, 3.63) is 17.1 Å². The van der Waals surface area contributed by atoms with Gasteiger partial charge in [-0.15, -0.1) is 23.4 Å². The minimum Gasteiger partial charge on any atom is -0.477 e. The van der Waals surface area contributed by atoms with Crippen molar-refractivity contribution >= 4 is 69.5 Å². The van der Waals surface area contributed by atoms with Gasteiger partial charge in [-0.3, -0.25) is 14.5 Å². The Hall–Kier alpha value is -3.12. The van der Waals surface area contributed by atoms with Gasteiger partial charge >= 0.3 is 18.1 Å². The topological polar surface area (TPSA) is 197 Å². The molecular formula is C15H14ClF3N6O7S2. The Morgan fingerprint density at radius 2 is 2.00 bits per heavy atom. The second-order valence-corrected chi connectivity index (χ2v) is 8.29. The molecule has 3 heterocycles. The Labute approximate surface area is 200 Å². The summed E-state index contributed by atoms with van der Waals surface area (Å²) < 4.78 is 35.6. The highest BCUT2D eigenvalue weighted by Gasteiger charge is 2.54. The maximum atomic E-state index is 12.5. The molecule has 0 bridgehead atoms. The third kappa shape index (κ3) is 5.86. The molecule has 19 heteroatoms. The number of fused-ring (bicyclic) bond motifs is 1. The van der Waals surface area contributed by atoms with Crippen molar-refractivity contribution in [3.63, 3.8) is 0 Å². The number of nitrogens with two attached hydrogens (primary N) is 1. The van der Waals surface area contributed by atoms with Crippen molar-refractivity contribution in [2.75, 3.05) is 24.5 Å². The Bertz CT molecular complexity index is 1060. The highest BCUT2D eigenvalue weighted by Crippen LogP contribution is 2.40. The van der Waals surface area contributed by atoms with E-state index in [2.05, 4.69) is 24.7 Å². The number of oxime groups is 1. The van der Waals surface area contributed by atoms with Crippen LogP contribution in [0, 0.1) is 0 Å². The fourth-order valence-electron chi connectivity index (χ4n) is 2.60. The Morgan fingerprint density at radius 3 is 2.44 bits per heavy atom. The van der Waals surface area contributed by atoms with E-state index in [0.29, 0.717) is 11.3 Å². The second-order valence-electron chi connectivity index (χ2n) is 6.13. The number of β-lactam (4-membered cyclic amide) rings is 1. The highest BCUT2D eigenvalue weighted by atomic mass is 35.5. The molecule has 3 rings (SSSR count). The predicted molar refractivity (Wildman–Crippen MR) is 112 cm³/mol. The van der Waals surface area contributed by atoms with Crippen molar-refractivity contribution < 1.29 is 47.4 Å². The van der Waals surface area contributed by atoms with E-state index in [0.717, 1.165) is 16.4 Å². The van der Waals surface area contributed by atoms with E-state index in [1.165, 1.54) is 18.9 Å². The summed E-state index contributed by atoms with van der Waals surface area (Å²) in [5, 5.41) is 22.2. The average molecular weight is 547 g/mol. The lowest BCUT2D eigenvalue weighted by atomic mass is 10.0. The van der Waals surface area contributed by atoms with Gasteiger partial charge in [0.2, 0.25) is 11.5 Å². The number of nitrogens with zero attached hydrogens (tertiary/aromatic N) is 4. The van der Waals surface area contributed by atoms with E-state index in [1.807, 2.05) is 0 Å². The van der Waals surface area contributed by atoms with Crippen LogP contribution in [-0.4, -0.2) is 90.3 Å². The van der Waals surface area contributed by atoms with Crippen LogP contribution in [0.3, 0.4) is 0 Å². The number of aromatic nitrogens is 2. The van der Waals surface area contributed by atoms with Gasteiger partial charge in [0.1, 0.15) is 24.2 Å². The van der Waals surface area contributed by atoms with Crippen LogP contribution in [0.4, 0.5) is 18.3 Å². The average Bonchev–Trinajstić information content (AvgIpc) is 3.19. The highest BCUT2D eigenvalue weighted by molar-refractivity contribution is 8.00. The summed E-state index contributed by atoms with van der Waals surface area (Å²) in [5.41, 5.74) is 5.59. The number of rotatable bonds is 6. The lowest BCUT2D eigenvalue weighted by Crippen LogP contribution is -2.71. The van der Waals surface area contributed by atoms with Gasteiger partial charge < -0.3 is 26.1 Å². The minimum absolute atomic E-state index is 0.00369. The largest absolute Gasteiger partial charge is 0.490 e. The summed E-state index contributed by atoms with van der Waals surface area (Å²) in [7, 11) is 1.24. The first kappa shape index (κ1) is 27.1. The number of alkyl halides is 4. The van der Waals surface area contributed by atoms with Crippen LogP contribution >= 0.6 is 34.9 Å². The van der Waals surface area contributed by atoms with Crippen LogP contribution in [0.25, 0.3) is 0 Å². The number of aliphatic carboxylic acids is 2. The fraction of sp³-hybridized carbons (Fsp3) is 0.400. The van der Waals surface area contributed by atoms with Crippen molar-refractivity contribution in [3.8, 4) is 0 Å². The summed E-state index contributed by atoms with van der Waals surface area (Å²) >= 11 is 7.96. The molecule has 2 aliphatic rings. The molecular weight excluding hydrogens is 533 g/mol. The molecule has 34 heavy (non-hydrogen) atoms. The van der Waals surface area contributed by atoms with Gasteiger partial charge in [0, 0.05) is 23.2 Å². The molecule has 2 atom stereocenters. The molecule has 13 nitrogen and oxygen atoms in total. The van der Waals surface area contributed by atoms with Crippen molar-refractivity contribution in [2.24, 2.45) is 5.16 Å². The van der Waals surface area contributed by atoms with E-state index in [1.54, 1.807) is 0 Å². The molecule has 0 unspecified atom stereocenters. The van der Waals surface area contributed by atoms with E-state index in [9.17, 15) is 32.7 Å². The van der Waals surface area contributed by atoms with E-state index >= 15 is 0 Å². The molecule has 0 saturated carbocycles. The minimum atomic E-state index is -5.08. The maximum absolute atomic E-state index is 12.5. The van der Waals surface area contributed by atoms with Gasteiger partial charge in [-0.05, 0) is 5.57 Å². The molecule has 1 saturated heterocycles. The maximum Gasteiger partial charge on any atom is 0.490 e. The number of anilines is 1. The van der Waals surface area contributed by atoms with E-state index in [-0.39, 0.29) is 28.2 Å². The number of nitrogens with one attached hydrogen (secondary N) is 1. The summed E-state index contributed by atoms with van der Waals surface area (Å²) in [6, 6.07) is -0.924. The molecule has 1 aromatic heterocycles. The van der Waals surface area contributed by atoms with Crippen LogP contribution in [-0.2, 0) is 24.0 Å². The SMILES string of the molecule is CON=C(C(=O)N[C@@H]1C(=O)N2C(C(=O)O)=C(CCl)CS[C@H]12)c1nsc(N)n1.O=C(O)C(F)(F)F. The molecule has 0 radical (unpaired) electrons. The van der Waals surface area contributed by atoms with Crippen LogP contribution < -0.4 is 11.1 Å². The third-order valence-electron chi connectivity index (χ3n) is 3.99. The van der Waals surface area contributed by atoms with Crippen molar-refractivity contribution in [1.29, 1.82) is 0 Å². The number of carbonyl (C=O) groups is 4. The van der Waals surface area contributed by atoms with Gasteiger partial charge in [-0.2, -0.15) is 22.5 Å². The summed E-state index contributed by atoms with van der Waals surface area (Å²) in [6.07, 6.45) is -5.08. The molecule has 0 aromatic carbocycles. The van der Waals surface area contributed by atoms with Crippen LogP contribution in [0.5, 0.6) is 0 Å². The van der Waals surface area contributed by atoms with Gasteiger partial charge in [0.25, 0.3) is 11.8 Å². The first-order chi connectivity index (χ1) is 15.8. The zero-order valence-corrected chi connectivity index (χ0v) is 19.1. The molecule has 5 N–H and O–H groups in total. The summed E-state index contributed by atoms with van der Waals surface area (Å²) in [6.45, 7) is 0. The summed E-state index contributed by atoms with van der Waals surface area (Å²) in [4.78, 5) is 55.0. The molecule has 2 amide bonds. The lowest BCUT2D eigenvalue weighted by Gasteiger charge is -2.49. The molecule has 0 spiro atoms. The Balaban J connectivity index is 0.000000509. The molecule has 1 aromatic rings. The zero-order chi connectivity index (χ0) is 25.8. The first-order valence-corrected chi connectivity index (χ1v) is 11.0. The van der Waals surface area contributed by atoms with Crippen molar-refractivity contribution in [1.82, 2.24) is 19.6 Å². The predicted octanol–water partition coefficient (Wildman–Crippen LogP) is 0.0815. The number of carboxylic acids is 2. The van der Waals surface area contributed by atoms with Crippen LogP contribution in [0.1, 0.15) is 5.82 Å². The summed E-state index contributed by atoms with van der Waals surface area (Å²) in [5.74, 6) is -4.98. The zero-order valence-electron chi connectivity index (χ0n) is 16.7. The van der Waals surface area contributed by atoms with Crippen molar-refractivity contribution in [2.45, 2.75) is 17.6 Å². The van der Waals surface area contributed by atoms with Crippen LogP contribution in [0.2, 0.25) is 0 Å². The number of amides is 2. The Morgan fingerprint density at radius 1 is 1.38 bits per heavy atom. The van der Waals surface area contributed by atoms with Crippen LogP contribution in [0.15, 0.2) is 16.4 Å². The normalized spacial score (nSPS) is 20.0. The number of thioether (sulfide) groups is 1. The molecule has 1 fully saturated rings. The molecule has 0 aliphatic carbocycles. The monoisotopic (exact) mass is 546 g/mol. The van der Waals surface area contributed by atoms with Gasteiger partial charge in [-0.1, -0.05) is 5.16 Å². The van der Waals surface area contributed by atoms with Gasteiger partial charge in [0.15, 0.2) is 5.13 Å². The number of carboxylic acid groups (broad SMARTS) is 2. The number of hydrogen-bond donors (Lipinski definition) is 4. The quantitative estimate of drug-likeness (QED) is 0.163. The van der Waals surface area contributed by atoms with Gasteiger partial charge in [-0.25, -0.2) is 9.59 Å². The third-order valence-corrected chi connectivity index (χ3v) is 6.20. The van der Waals surface area contributed by atoms with E-state index in [4.69, 9.17) is 27.2 Å². The number of carbonyl (C=O) groups excluding carboxylic acids is 2. The first-order valence-electron chi connectivity index (χ1n) is 8.61. The number of halogens is 4. The number of hydrogen-bond acceptors (Lipinski definition) is 11. The number of nitrogen functional groups attached to an aromatic ring is 1. The van der Waals surface area contributed by atoms with E-state index < -0.39 is 41.3 Å². The fourth-order valence-corrected chi connectivity index (χ4v) is 4.72. The Kier molecular flexibility index (Phi) is 8.67. The smallest absolute Gasteiger partial charge is 0.477 e. The van der Waals surface area contributed by atoms with Gasteiger partial charge in [0.05, 0.1) is 0 Å². The standard InChI is InChI=1S/C13H13ClN6O5S2.C2HF3O2/c1-25-18-5(8-17-13(15)27-19-8)9(21)16-6-10(22)20-7(12(23)24)4(2-14)3-26-11(6)20;3-2(4,5)1(6)7/h6,11H,2-3H2,1H3,(H,16,21)(H,23,24)(H2,15,17,19);(H,6,7)/t6-,11-;/m1./s1. The second kappa shape index (κ2) is 10.9. The molecule has 186 valence electrons. The molecule has 2 aliphatic heterocycles.